The van der Waals surface area contributed by atoms with Crippen molar-refractivity contribution in [2.24, 2.45) is 136 Å². The molecule has 0 aliphatic heterocycles. The van der Waals surface area contributed by atoms with Gasteiger partial charge in [0.25, 0.3) is 0 Å². The third-order valence-electron chi connectivity index (χ3n) is 32.0. The standard InChI is InChI=1S/C24H36O2.C23H34O2.C20H28O2.C19H28O2/c1-2-18-12-16-6-5-7-20(14-16)22(18)24(10-3-4-11-24)26-23(25)21-15-17-8-9-19(21)13-17;24-22(20-15-16-10-11-18(20)14-16)25-23(12-3-4-13-23)21-9-5-7-17-6-1-2-8-19(17)21;21-19(17-11-13-3-5-15(17)9-13)22-20(7-1-2-8-20)18-12-14-4-6-16(18)10-14;20-18(17-13-14-8-9-15(17)12-14)21-19(10-4-5-11-19)16-6-2-1-3-7-16/h8-9,16-22H,2-7,10-15H2,1H3;10-11,16-21H,1-9,12-15H2;3,5,13-18H,1-2,4,6-12H2;8-9,14-17H,1-7,10-13H2. The maximum Gasteiger partial charge on any atom is 0.310 e. The summed E-state index contributed by atoms with van der Waals surface area (Å²) < 4.78 is 25.9. The van der Waals surface area contributed by atoms with E-state index in [1.165, 1.54) is 218 Å². The molecule has 518 valence electrons. The molecular weight excluding hydrogens is 1160 g/mol. The van der Waals surface area contributed by atoms with E-state index in [0.717, 1.165) is 118 Å². The van der Waals surface area contributed by atoms with E-state index >= 15 is 0 Å². The van der Waals surface area contributed by atoms with Crippen LogP contribution in [0.3, 0.4) is 0 Å². The van der Waals surface area contributed by atoms with E-state index in [0.29, 0.717) is 71.0 Å². The summed E-state index contributed by atoms with van der Waals surface area (Å²) in [5, 5.41) is 0. The summed E-state index contributed by atoms with van der Waals surface area (Å²) in [4.78, 5) is 52.1. The Morgan fingerprint density at radius 3 is 1.18 bits per heavy atom. The summed E-state index contributed by atoms with van der Waals surface area (Å²) in [6.07, 6.45) is 76.8. The lowest BCUT2D eigenvalue weighted by molar-refractivity contribution is -0.184. The van der Waals surface area contributed by atoms with Crippen molar-refractivity contribution in [3.63, 3.8) is 0 Å². The molecule has 0 N–H and O–H groups in total. The highest BCUT2D eigenvalue weighted by molar-refractivity contribution is 5.76. The first kappa shape index (κ1) is 65.5. The number of allylic oxidation sites excluding steroid dienone is 8. The van der Waals surface area contributed by atoms with E-state index in [1.54, 1.807) is 0 Å². The topological polar surface area (TPSA) is 105 Å². The van der Waals surface area contributed by atoms with Gasteiger partial charge in [-0.3, -0.25) is 19.2 Å². The largest absolute Gasteiger partial charge is 0.459 e. The molecular formula is C86H126O8. The average molecular weight is 1290 g/mol. The zero-order valence-electron chi connectivity index (χ0n) is 58.7. The Kier molecular flexibility index (Phi) is 19.3. The molecule has 0 aromatic carbocycles. The lowest BCUT2D eigenvalue weighted by Crippen LogP contribution is -2.51. The molecule has 22 unspecified atom stereocenters. The Labute approximate surface area is 568 Å². The number of hydrogen-bond donors (Lipinski definition) is 0. The molecule has 8 nitrogen and oxygen atoms in total. The second-order valence-corrected chi connectivity index (χ2v) is 36.9. The van der Waals surface area contributed by atoms with Crippen molar-refractivity contribution < 1.29 is 38.1 Å². The number of rotatable bonds is 13. The molecule has 22 atom stereocenters. The van der Waals surface area contributed by atoms with Crippen LogP contribution in [0.1, 0.15) is 302 Å². The van der Waals surface area contributed by atoms with Crippen LogP contribution in [0, 0.1) is 136 Å². The van der Waals surface area contributed by atoms with E-state index in [4.69, 9.17) is 18.9 Å². The van der Waals surface area contributed by atoms with Crippen molar-refractivity contribution in [1.82, 2.24) is 0 Å². The van der Waals surface area contributed by atoms with Gasteiger partial charge in [-0.2, -0.15) is 0 Å². The third-order valence-corrected chi connectivity index (χ3v) is 32.0. The van der Waals surface area contributed by atoms with Gasteiger partial charge in [-0.05, 0) is 307 Å². The van der Waals surface area contributed by atoms with Crippen molar-refractivity contribution in [3.8, 4) is 0 Å². The highest BCUT2D eigenvalue weighted by Gasteiger charge is 2.59. The quantitative estimate of drug-likeness (QED) is 0.102. The number of fused-ring (bicyclic) bond motifs is 13. The normalized spacial score (nSPS) is 44.1. The summed E-state index contributed by atoms with van der Waals surface area (Å²) in [6, 6.07) is 0. The van der Waals surface area contributed by atoms with Crippen molar-refractivity contribution in [2.75, 3.05) is 0 Å². The summed E-state index contributed by atoms with van der Waals surface area (Å²) in [6.45, 7) is 2.38. The van der Waals surface area contributed by atoms with Gasteiger partial charge >= 0.3 is 23.9 Å². The van der Waals surface area contributed by atoms with Gasteiger partial charge in [0.05, 0.1) is 23.7 Å². The van der Waals surface area contributed by atoms with Gasteiger partial charge in [-0.15, -0.1) is 0 Å². The number of carbonyl (C=O) groups is 4. The Hall–Kier alpha value is -3.16. The highest BCUT2D eigenvalue weighted by atomic mass is 16.6. The second-order valence-electron chi connectivity index (χ2n) is 36.9. The van der Waals surface area contributed by atoms with Crippen molar-refractivity contribution in [3.05, 3.63) is 48.6 Å². The SMILES string of the molecule is CCC1CC2CCCC(C2)C1C1(OC(=O)C2CC3C=CC2C3)CCCC1.O=C(OC1(C2CC3CCC2C3)CCCC1)C1CC2C=CC1C2.O=C(OC1(C2CCCC3CCCCC32)CCCC1)C1CC2C=CC1C2.O=C(OC1(C2CCCCC2)CCCC1)C1CC2C=CC1C2. The minimum absolute atomic E-state index is 0.0670. The molecule has 0 radical (unpaired) electrons. The molecule has 0 amide bonds. The monoisotopic (exact) mass is 1290 g/mol. The van der Waals surface area contributed by atoms with Crippen molar-refractivity contribution in [1.29, 1.82) is 0 Å². The summed E-state index contributed by atoms with van der Waals surface area (Å²) >= 11 is 0. The molecule has 0 spiro atoms. The van der Waals surface area contributed by atoms with Crippen LogP contribution in [0.25, 0.3) is 0 Å². The predicted octanol–water partition coefficient (Wildman–Crippen LogP) is 20.7. The van der Waals surface area contributed by atoms with E-state index in [9.17, 15) is 19.2 Å². The molecule has 15 saturated carbocycles. The Bertz CT molecular complexity index is 2790. The number of hydrogen-bond acceptors (Lipinski definition) is 8. The molecule has 0 saturated heterocycles. The lowest BCUT2D eigenvalue weighted by atomic mass is 9.56. The molecule has 0 heterocycles. The molecule has 19 aliphatic carbocycles. The van der Waals surface area contributed by atoms with Crippen LogP contribution in [-0.2, 0) is 38.1 Å². The van der Waals surface area contributed by atoms with Gasteiger partial charge in [0.15, 0.2) is 0 Å². The lowest BCUT2D eigenvalue weighted by Gasteiger charge is -2.52. The number of esters is 4. The van der Waals surface area contributed by atoms with Crippen LogP contribution < -0.4 is 0 Å². The van der Waals surface area contributed by atoms with Crippen LogP contribution in [0.2, 0.25) is 0 Å². The zero-order chi connectivity index (χ0) is 63.6. The van der Waals surface area contributed by atoms with Gasteiger partial charge in [0.2, 0.25) is 0 Å². The van der Waals surface area contributed by atoms with E-state index in [1.807, 2.05) is 0 Å². The van der Waals surface area contributed by atoms with Crippen LogP contribution in [0.15, 0.2) is 48.6 Å². The number of carbonyl (C=O) groups excluding carboxylic acids is 4. The Balaban J connectivity index is 0.0000000995. The predicted molar refractivity (Wildman–Crippen MR) is 370 cm³/mol. The van der Waals surface area contributed by atoms with Crippen LogP contribution in [-0.4, -0.2) is 46.3 Å². The van der Waals surface area contributed by atoms with Gasteiger partial charge in [0, 0.05) is 17.8 Å². The summed E-state index contributed by atoms with van der Waals surface area (Å²) in [5.41, 5.74) is -0.356. The fraction of sp³-hybridized carbons (Fsp3) is 0.860. The van der Waals surface area contributed by atoms with Gasteiger partial charge < -0.3 is 18.9 Å². The fourth-order valence-electron chi connectivity index (χ4n) is 27.6. The summed E-state index contributed by atoms with van der Waals surface area (Å²) in [5.74, 6) is 14.6. The minimum Gasteiger partial charge on any atom is -0.459 e. The van der Waals surface area contributed by atoms with Crippen LogP contribution in [0.5, 0.6) is 0 Å². The first-order valence-corrected chi connectivity index (χ1v) is 41.6. The Morgan fingerprint density at radius 1 is 0.319 bits per heavy atom. The fourth-order valence-corrected chi connectivity index (χ4v) is 27.6. The zero-order valence-corrected chi connectivity index (χ0v) is 58.7. The molecule has 19 rings (SSSR count). The van der Waals surface area contributed by atoms with Crippen molar-refractivity contribution in [2.45, 2.75) is 325 Å². The average Bonchev–Trinajstić information content (AvgIpc) is 1.39. The molecule has 8 heteroatoms. The maximum atomic E-state index is 13.3. The molecule has 0 aromatic heterocycles. The summed E-state index contributed by atoms with van der Waals surface area (Å²) in [7, 11) is 0. The van der Waals surface area contributed by atoms with E-state index < -0.39 is 0 Å². The second kappa shape index (κ2) is 27.8. The Morgan fingerprint density at radius 2 is 0.723 bits per heavy atom. The maximum absolute atomic E-state index is 13.3. The van der Waals surface area contributed by atoms with Gasteiger partial charge in [-0.25, -0.2) is 0 Å². The third kappa shape index (κ3) is 12.9. The van der Waals surface area contributed by atoms with Gasteiger partial charge in [0.1, 0.15) is 22.4 Å². The van der Waals surface area contributed by atoms with E-state index in [-0.39, 0.29) is 70.0 Å². The molecule has 0 aromatic rings. The highest BCUT2D eigenvalue weighted by Crippen LogP contribution is 2.61. The molecule has 12 bridgehead atoms. The number of ether oxygens (including phenoxy) is 4. The first-order chi connectivity index (χ1) is 45.9. The van der Waals surface area contributed by atoms with Gasteiger partial charge in [-0.1, -0.05) is 139 Å². The smallest absolute Gasteiger partial charge is 0.310 e. The molecule has 15 fully saturated rings. The van der Waals surface area contributed by atoms with E-state index in [2.05, 4.69) is 55.5 Å². The van der Waals surface area contributed by atoms with Crippen LogP contribution >= 0.6 is 0 Å². The first-order valence-electron chi connectivity index (χ1n) is 41.6. The molecule has 19 aliphatic rings. The minimum atomic E-state index is -0.115. The molecule has 94 heavy (non-hydrogen) atoms. The van der Waals surface area contributed by atoms with Crippen LogP contribution in [0.4, 0.5) is 0 Å². The van der Waals surface area contributed by atoms with Crippen molar-refractivity contribution >= 4 is 23.9 Å².